The number of aryl methyl sites for hydroxylation is 1. The fraction of sp³-hybridized carbons (Fsp3) is 0.364. The van der Waals surface area contributed by atoms with Crippen molar-refractivity contribution in [3.8, 4) is 0 Å². The molecule has 0 radical (unpaired) electrons. The second-order valence-electron chi connectivity index (χ2n) is 12.0. The second-order valence-corrected chi connectivity index (χ2v) is 13.2. The van der Waals surface area contributed by atoms with E-state index in [9.17, 15) is 19.5 Å². The number of carboxylic acid groups (broad SMARTS) is 1. The van der Waals surface area contributed by atoms with Crippen molar-refractivity contribution in [1.82, 2.24) is 14.7 Å². The van der Waals surface area contributed by atoms with Gasteiger partial charge in [0.2, 0.25) is 0 Å². The van der Waals surface area contributed by atoms with Gasteiger partial charge in [-0.05, 0) is 78.6 Å². The minimum Gasteiger partial charge on any atom is -0.465 e. The van der Waals surface area contributed by atoms with Crippen molar-refractivity contribution in [3.63, 3.8) is 0 Å². The third kappa shape index (κ3) is 5.53. The summed E-state index contributed by atoms with van der Waals surface area (Å²) in [6.07, 6.45) is 3.71. The molecule has 2 fully saturated rings. The molecule has 6 rings (SSSR count). The van der Waals surface area contributed by atoms with E-state index in [2.05, 4.69) is 5.32 Å². The van der Waals surface area contributed by atoms with Crippen LogP contribution in [0, 0.1) is 5.41 Å². The molecule has 224 valence electrons. The van der Waals surface area contributed by atoms with Crippen LogP contribution in [-0.2, 0) is 6.42 Å². The maximum atomic E-state index is 14.7. The summed E-state index contributed by atoms with van der Waals surface area (Å²) in [6.45, 7) is 2.03. The molecule has 2 saturated heterocycles. The summed E-state index contributed by atoms with van der Waals surface area (Å²) in [7, 11) is 0. The maximum absolute atomic E-state index is 14.7. The minimum atomic E-state index is -0.883. The Morgan fingerprint density at radius 2 is 1.51 bits per heavy atom. The number of nitrogens with one attached hydrogen (secondary N) is 1. The fourth-order valence-corrected chi connectivity index (χ4v) is 8.15. The Hall–Kier alpha value is -3.10. The number of halogens is 3. The third-order valence-corrected chi connectivity index (χ3v) is 10.7. The lowest BCUT2D eigenvalue weighted by Crippen LogP contribution is -2.61. The number of benzene rings is 3. The van der Waals surface area contributed by atoms with Gasteiger partial charge in [0.15, 0.2) is 5.69 Å². The van der Waals surface area contributed by atoms with E-state index in [1.165, 1.54) is 4.90 Å². The molecule has 7 nitrogen and oxygen atoms in total. The monoisotopic (exact) mass is 640 g/mol. The molecular weight excluding hydrogens is 609 g/mol. The lowest BCUT2D eigenvalue weighted by Gasteiger charge is -2.49. The summed E-state index contributed by atoms with van der Waals surface area (Å²) in [6, 6.07) is 17.8. The summed E-state index contributed by atoms with van der Waals surface area (Å²) in [5.41, 5.74) is 3.59. The Morgan fingerprint density at radius 1 is 0.860 bits per heavy atom. The van der Waals surface area contributed by atoms with Gasteiger partial charge in [-0.15, -0.1) is 0 Å². The molecule has 1 unspecified atom stereocenters. The first-order chi connectivity index (χ1) is 20.6. The van der Waals surface area contributed by atoms with E-state index >= 15 is 0 Å². The average molecular weight is 642 g/mol. The Kier molecular flexibility index (Phi) is 8.20. The molecule has 2 N–H and O–H groups in total. The van der Waals surface area contributed by atoms with Crippen LogP contribution in [0.5, 0.6) is 0 Å². The van der Waals surface area contributed by atoms with Gasteiger partial charge in [0.1, 0.15) is 10.0 Å². The summed E-state index contributed by atoms with van der Waals surface area (Å²) in [5, 5.41) is 13.8. The van der Waals surface area contributed by atoms with E-state index in [1.54, 1.807) is 42.5 Å². The quantitative estimate of drug-likeness (QED) is 0.285. The predicted molar refractivity (Wildman–Crippen MR) is 169 cm³/mol. The van der Waals surface area contributed by atoms with Crippen LogP contribution < -0.4 is 9.80 Å². The van der Waals surface area contributed by atoms with E-state index in [1.807, 2.05) is 18.2 Å². The molecule has 1 spiro atoms. The van der Waals surface area contributed by atoms with E-state index < -0.39 is 6.09 Å². The fourth-order valence-electron chi connectivity index (χ4n) is 7.21. The van der Waals surface area contributed by atoms with Crippen molar-refractivity contribution in [2.75, 3.05) is 26.2 Å². The van der Waals surface area contributed by atoms with Crippen LogP contribution in [-0.4, -0.2) is 54.1 Å². The second kappa shape index (κ2) is 11.8. The minimum absolute atomic E-state index is 0.00165. The van der Waals surface area contributed by atoms with E-state index in [-0.39, 0.29) is 27.8 Å². The number of rotatable bonds is 4. The highest BCUT2D eigenvalue weighted by Crippen LogP contribution is 2.49. The lowest BCUT2D eigenvalue weighted by molar-refractivity contribution is 0.0333. The maximum Gasteiger partial charge on any atom is 0.407 e. The van der Waals surface area contributed by atoms with Crippen LogP contribution in [0.2, 0.25) is 15.1 Å². The first-order valence-corrected chi connectivity index (χ1v) is 15.8. The molecule has 3 aromatic carbocycles. The molecule has 10 heteroatoms. The molecule has 43 heavy (non-hydrogen) atoms. The van der Waals surface area contributed by atoms with Gasteiger partial charge in [-0.25, -0.2) is 14.1 Å². The zero-order chi connectivity index (χ0) is 30.4. The van der Waals surface area contributed by atoms with Crippen LogP contribution in [0.4, 0.5) is 10.5 Å². The first-order valence-electron chi connectivity index (χ1n) is 14.7. The van der Waals surface area contributed by atoms with Crippen LogP contribution in [0.15, 0.2) is 60.7 Å². The molecule has 0 bridgehead atoms. The molecule has 3 aromatic rings. The number of para-hydroxylation sites is 1. The number of fused-ring (bicyclic) bond motifs is 1. The first kappa shape index (κ1) is 29.9. The van der Waals surface area contributed by atoms with Gasteiger partial charge in [-0.1, -0.05) is 59.1 Å². The average Bonchev–Trinajstić information content (AvgIpc) is 3.40. The van der Waals surface area contributed by atoms with Crippen molar-refractivity contribution >= 4 is 58.4 Å². The number of likely N-dealkylation sites (tertiary alicyclic amines) is 2. The van der Waals surface area contributed by atoms with Crippen LogP contribution in [0.3, 0.4) is 0 Å². The summed E-state index contributed by atoms with van der Waals surface area (Å²) >= 11 is 19.8. The Bertz CT molecular complexity index is 1570. The van der Waals surface area contributed by atoms with E-state index in [0.29, 0.717) is 58.1 Å². The molecule has 2 aliphatic heterocycles. The number of quaternary nitrogens is 1. The largest absolute Gasteiger partial charge is 0.465 e. The number of piperidine rings is 2. The molecule has 0 aromatic heterocycles. The number of hydrogen-bond acceptors (Lipinski definition) is 3. The molecule has 0 saturated carbocycles. The molecule has 2 heterocycles. The van der Waals surface area contributed by atoms with Gasteiger partial charge in [0.25, 0.3) is 5.91 Å². The number of carbonyl (C=O) groups excluding carboxylic acids is 2. The Labute approximate surface area is 265 Å². The van der Waals surface area contributed by atoms with Crippen molar-refractivity contribution in [2.45, 2.75) is 44.6 Å². The molecule has 3 amide bonds. The standard InChI is InChI=1S/C33H32Cl3N3O4/c34-25-5-2-1-4-23(25)30(40)37-28-11-10-21-8-9-22(20-24(21)28)31(41)39(29-26(35)6-3-7-27(29)36)18-14-33(15-19-39)12-16-38(17-13-33)32(42)43/h1-9,20,28H,10-19H2,(H-,37,40,42,43)/p+1. The van der Waals surface area contributed by atoms with E-state index in [4.69, 9.17) is 34.8 Å². The van der Waals surface area contributed by atoms with Gasteiger partial charge < -0.3 is 15.3 Å². The highest BCUT2D eigenvalue weighted by molar-refractivity contribution is 6.39. The summed E-state index contributed by atoms with van der Waals surface area (Å²) in [4.78, 5) is 40.8. The van der Waals surface area contributed by atoms with Gasteiger partial charge in [0, 0.05) is 25.9 Å². The Balaban J connectivity index is 1.31. The Morgan fingerprint density at radius 3 is 2.16 bits per heavy atom. The lowest BCUT2D eigenvalue weighted by atomic mass is 9.70. The van der Waals surface area contributed by atoms with Gasteiger partial charge in [0.05, 0.1) is 35.3 Å². The highest BCUT2D eigenvalue weighted by atomic mass is 35.5. The normalized spacial score (nSPS) is 20.4. The van der Waals surface area contributed by atoms with Crippen molar-refractivity contribution in [2.24, 2.45) is 5.41 Å². The zero-order valence-electron chi connectivity index (χ0n) is 23.6. The number of nitrogens with zero attached hydrogens (tertiary/aromatic N) is 2. The topological polar surface area (TPSA) is 86.7 Å². The molecular formula is C33H33Cl3N3O4+. The number of carbonyl (C=O) groups is 3. The molecule has 3 aliphatic rings. The van der Waals surface area contributed by atoms with Gasteiger partial charge >= 0.3 is 12.0 Å². The van der Waals surface area contributed by atoms with Gasteiger partial charge in [-0.2, -0.15) is 0 Å². The van der Waals surface area contributed by atoms with Crippen molar-refractivity contribution in [3.05, 3.63) is 98.0 Å². The summed E-state index contributed by atoms with van der Waals surface area (Å²) < 4.78 is -0.00165. The van der Waals surface area contributed by atoms with Crippen LogP contribution >= 0.6 is 34.8 Å². The molecule has 1 atom stereocenters. The SMILES string of the molecule is O=C(NC1CCc2ccc(C(=O)[N+]3(c4c(Cl)cccc4Cl)CCC4(CCN(C(=O)O)CC4)CC3)cc21)c1ccccc1Cl. The van der Waals surface area contributed by atoms with Crippen molar-refractivity contribution < 1.29 is 19.5 Å². The smallest absolute Gasteiger partial charge is 0.407 e. The number of hydrogen-bond donors (Lipinski definition) is 2. The van der Waals surface area contributed by atoms with E-state index in [0.717, 1.165) is 49.7 Å². The highest BCUT2D eigenvalue weighted by Gasteiger charge is 2.51. The zero-order valence-corrected chi connectivity index (χ0v) is 25.9. The van der Waals surface area contributed by atoms with Crippen molar-refractivity contribution in [1.29, 1.82) is 0 Å². The predicted octanol–water partition coefficient (Wildman–Crippen LogP) is 7.77. The third-order valence-electron chi connectivity index (χ3n) is 9.79. The van der Waals surface area contributed by atoms with Crippen LogP contribution in [0.1, 0.15) is 70.0 Å². The van der Waals surface area contributed by atoms with Crippen LogP contribution in [0.25, 0.3) is 0 Å². The molecule has 1 aliphatic carbocycles. The van der Waals surface area contributed by atoms with Gasteiger partial charge in [-0.3, -0.25) is 4.79 Å². The summed E-state index contributed by atoms with van der Waals surface area (Å²) in [5.74, 6) is -0.333. The number of amides is 3.